The highest BCUT2D eigenvalue weighted by atomic mass is 79.9. The first-order valence-electron chi connectivity index (χ1n) is 17.1. The number of halogens is 1. The fourth-order valence-corrected chi connectivity index (χ4v) is 13.1. The number of nitro benzene ring substituents is 1. The standard InChI is InChI=1S/C41H34N3O8PS.BrH/c45-37(27-51-33-13-5-1-6-14-33)42-41(40(47)52-26-30-21-23-32(24-22-30)44(48)49)38(46)43-25-31(29-54(50)39(41)43)28-53(34-15-7-2-8-16-34,35-17-9-3-10-18-35)36-19-11-4-12-20-36;/h1-25,39H,26-29H2;1H/t39-,41+,54+;/m1./s1. The number of para-hydroxylation sites is 1. The molecule has 0 unspecified atom stereocenters. The van der Waals surface area contributed by atoms with Gasteiger partial charge in [0, 0.05) is 18.3 Å². The number of non-ortho nitro benzene ring substituents is 1. The van der Waals surface area contributed by atoms with Crippen molar-refractivity contribution in [2.45, 2.75) is 17.5 Å². The predicted octanol–water partition coefficient (Wildman–Crippen LogP) is 1.38. The van der Waals surface area contributed by atoms with Crippen LogP contribution in [0.15, 0.2) is 157 Å². The van der Waals surface area contributed by atoms with Crippen molar-refractivity contribution in [3.05, 3.63) is 173 Å². The highest BCUT2D eigenvalue weighted by Gasteiger charge is 2.71. The summed E-state index contributed by atoms with van der Waals surface area (Å²) < 4.78 is 25.6. The summed E-state index contributed by atoms with van der Waals surface area (Å²) in [5.74, 6) is -2.22. The molecule has 7 rings (SSSR count). The fourth-order valence-electron chi connectivity index (χ4n) is 6.92. The summed E-state index contributed by atoms with van der Waals surface area (Å²) in [5.41, 5.74) is -1.26. The number of rotatable bonds is 13. The molecule has 2 aliphatic heterocycles. The van der Waals surface area contributed by atoms with Gasteiger partial charge in [-0.05, 0) is 71.8 Å². The number of β-lactam (4-membered cyclic amide) rings is 1. The molecule has 2 aliphatic rings. The number of hydrogen-bond acceptors (Lipinski definition) is 8. The van der Waals surface area contributed by atoms with Crippen LogP contribution in [-0.2, 0) is 36.5 Å². The molecule has 55 heavy (non-hydrogen) atoms. The molecule has 2 heterocycles. The lowest BCUT2D eigenvalue weighted by atomic mass is 9.87. The van der Waals surface area contributed by atoms with Gasteiger partial charge in [0.2, 0.25) is 0 Å². The van der Waals surface area contributed by atoms with E-state index in [2.05, 4.69) is 41.7 Å². The summed E-state index contributed by atoms with van der Waals surface area (Å²) in [7, 11) is -4.28. The zero-order valence-corrected chi connectivity index (χ0v) is 32.5. The van der Waals surface area contributed by atoms with Gasteiger partial charge < -0.3 is 31.8 Å². The van der Waals surface area contributed by atoms with Gasteiger partial charge in [-0.3, -0.25) is 28.8 Å². The van der Waals surface area contributed by atoms with E-state index in [0.29, 0.717) is 17.5 Å². The maximum atomic E-state index is 14.4. The van der Waals surface area contributed by atoms with Crippen LogP contribution >= 0.6 is 7.26 Å². The Bertz CT molecular complexity index is 2140. The molecular weight excluding hydrogens is 805 g/mol. The average Bonchev–Trinajstić information content (AvgIpc) is 3.21. The van der Waals surface area contributed by atoms with Gasteiger partial charge in [0.25, 0.3) is 23.0 Å². The van der Waals surface area contributed by atoms with Crippen molar-refractivity contribution in [3.63, 3.8) is 0 Å². The third kappa shape index (κ3) is 7.73. The Morgan fingerprint density at radius 2 is 1.33 bits per heavy atom. The van der Waals surface area contributed by atoms with Crippen molar-refractivity contribution in [3.8, 4) is 5.75 Å². The second-order valence-corrected chi connectivity index (χ2v) is 17.8. The maximum Gasteiger partial charge on any atom is 0.345 e. The molecule has 2 amide bonds. The van der Waals surface area contributed by atoms with Crippen molar-refractivity contribution in [2.75, 3.05) is 18.5 Å². The Kier molecular flexibility index (Phi) is 12.0. The third-order valence-corrected chi connectivity index (χ3v) is 15.6. The molecule has 11 nitrogen and oxygen atoms in total. The lowest BCUT2D eigenvalue weighted by Crippen LogP contribution is -3.00. The Morgan fingerprint density at radius 3 is 1.84 bits per heavy atom. The number of nitro groups is 1. The van der Waals surface area contributed by atoms with Gasteiger partial charge in [-0.1, -0.05) is 72.8 Å². The first kappa shape index (κ1) is 39.2. The highest BCUT2D eigenvalue weighted by molar-refractivity contribution is 7.96. The van der Waals surface area contributed by atoms with Crippen LogP contribution in [0, 0.1) is 10.1 Å². The Hall–Kier alpha value is -5.49. The second kappa shape index (κ2) is 16.9. The summed E-state index contributed by atoms with van der Waals surface area (Å²) in [4.78, 5) is 53.5. The van der Waals surface area contributed by atoms with E-state index in [1.165, 1.54) is 29.2 Å². The van der Waals surface area contributed by atoms with Crippen molar-refractivity contribution >= 4 is 57.4 Å². The van der Waals surface area contributed by atoms with E-state index in [1.54, 1.807) is 36.5 Å². The lowest BCUT2D eigenvalue weighted by Gasteiger charge is -2.53. The third-order valence-electron chi connectivity index (χ3n) is 9.41. The molecule has 1 fully saturated rings. The number of esters is 1. The summed E-state index contributed by atoms with van der Waals surface area (Å²) in [6.45, 7) is -0.867. The van der Waals surface area contributed by atoms with E-state index < -0.39 is 58.3 Å². The number of hydrogen-bond donors (Lipinski definition) is 1. The summed E-state index contributed by atoms with van der Waals surface area (Å²) in [6, 6.07) is 44.5. The number of amides is 2. The quantitative estimate of drug-likeness (QED) is 0.0468. The Balaban J connectivity index is 0.00000514. The zero-order valence-electron chi connectivity index (χ0n) is 29.2. The molecule has 0 aliphatic carbocycles. The summed E-state index contributed by atoms with van der Waals surface area (Å²) >= 11 is 0. The van der Waals surface area contributed by atoms with E-state index in [0.717, 1.165) is 21.5 Å². The highest BCUT2D eigenvalue weighted by Crippen LogP contribution is 2.57. The van der Waals surface area contributed by atoms with E-state index in [4.69, 9.17) is 9.47 Å². The Labute approximate surface area is 331 Å². The molecule has 5 aromatic carbocycles. The number of nitrogens with zero attached hydrogens (tertiary/aromatic N) is 2. The smallest absolute Gasteiger partial charge is 0.345 e. The number of carbonyl (C=O) groups excluding carboxylic acids is 3. The van der Waals surface area contributed by atoms with Crippen LogP contribution in [-0.4, -0.2) is 61.3 Å². The van der Waals surface area contributed by atoms with Gasteiger partial charge >= 0.3 is 5.97 Å². The molecule has 0 saturated carbocycles. The second-order valence-electron chi connectivity index (χ2n) is 12.8. The molecule has 3 atom stereocenters. The number of carbonyl (C=O) groups is 3. The Morgan fingerprint density at radius 1 is 0.818 bits per heavy atom. The van der Waals surface area contributed by atoms with Crippen molar-refractivity contribution in [1.29, 1.82) is 0 Å². The van der Waals surface area contributed by atoms with Crippen LogP contribution in [0.5, 0.6) is 5.75 Å². The van der Waals surface area contributed by atoms with Crippen molar-refractivity contribution in [1.82, 2.24) is 10.2 Å². The molecule has 1 N–H and O–H groups in total. The average molecular weight is 841 g/mol. The summed E-state index contributed by atoms with van der Waals surface area (Å²) in [6.07, 6.45) is 2.15. The van der Waals surface area contributed by atoms with Crippen LogP contribution < -0.4 is 42.9 Å². The molecule has 0 bridgehead atoms. The van der Waals surface area contributed by atoms with E-state index in [1.807, 2.05) is 54.6 Å². The lowest BCUT2D eigenvalue weighted by molar-refractivity contribution is -0.384. The van der Waals surface area contributed by atoms with Gasteiger partial charge in [0.05, 0.1) is 27.6 Å². The van der Waals surface area contributed by atoms with Crippen LogP contribution in [0.25, 0.3) is 0 Å². The first-order chi connectivity index (χ1) is 26.2. The van der Waals surface area contributed by atoms with Gasteiger partial charge in [-0.2, -0.15) is 0 Å². The topological polar surface area (TPSA) is 145 Å². The van der Waals surface area contributed by atoms with Crippen LogP contribution in [0.2, 0.25) is 0 Å². The molecule has 0 aromatic heterocycles. The number of fused-ring (bicyclic) bond motifs is 1. The minimum Gasteiger partial charge on any atom is -1.00 e. The zero-order chi connectivity index (χ0) is 37.7. The maximum absolute atomic E-state index is 14.4. The van der Waals surface area contributed by atoms with Crippen LogP contribution in [0.3, 0.4) is 0 Å². The van der Waals surface area contributed by atoms with Crippen molar-refractivity contribution < 1.29 is 50.0 Å². The van der Waals surface area contributed by atoms with Gasteiger partial charge in [0.1, 0.15) is 35.5 Å². The fraction of sp³-hybridized carbons (Fsp3) is 0.146. The number of nitrogens with one attached hydrogen (secondary N) is 1. The molecular formula is C41H35BrN3O8PS. The summed E-state index contributed by atoms with van der Waals surface area (Å²) in [5, 5.41) is 15.7. The minimum absolute atomic E-state index is 0. The number of ether oxygens (including phenoxy) is 2. The van der Waals surface area contributed by atoms with E-state index >= 15 is 0 Å². The van der Waals surface area contributed by atoms with E-state index in [9.17, 15) is 28.7 Å². The van der Waals surface area contributed by atoms with Gasteiger partial charge in [-0.25, -0.2) is 4.79 Å². The molecule has 280 valence electrons. The molecule has 0 radical (unpaired) electrons. The van der Waals surface area contributed by atoms with Crippen molar-refractivity contribution in [2.24, 2.45) is 0 Å². The SMILES string of the molecule is O=C(COc1ccccc1)N[C@@]1(C(=O)OCc2ccc([N+](=O)[O-])cc2)C(=O)N2C=C(C[P+](c3ccccc3)(c3ccccc3)c3ccccc3)C[S@](=O)[C@@H]21.[Br-]. The molecule has 5 aromatic rings. The van der Waals surface area contributed by atoms with Crippen LogP contribution in [0.1, 0.15) is 5.56 Å². The van der Waals surface area contributed by atoms with Gasteiger partial charge in [0.15, 0.2) is 12.0 Å². The normalized spacial score (nSPS) is 18.7. The number of benzene rings is 5. The first-order valence-corrected chi connectivity index (χ1v) is 20.4. The molecule has 14 heteroatoms. The minimum atomic E-state index is -2.42. The van der Waals surface area contributed by atoms with Gasteiger partial charge in [-0.15, -0.1) is 0 Å². The predicted molar refractivity (Wildman–Crippen MR) is 207 cm³/mol. The van der Waals surface area contributed by atoms with E-state index in [-0.39, 0.29) is 35.0 Å². The largest absolute Gasteiger partial charge is 1.00 e. The molecule has 0 spiro atoms. The monoisotopic (exact) mass is 839 g/mol. The molecule has 1 saturated heterocycles. The van der Waals surface area contributed by atoms with Crippen LogP contribution in [0.4, 0.5) is 5.69 Å².